The second-order valence-corrected chi connectivity index (χ2v) is 5.51. The zero-order valence-corrected chi connectivity index (χ0v) is 13.5. The molecule has 0 aliphatic heterocycles. The highest BCUT2D eigenvalue weighted by molar-refractivity contribution is 6.01. The molecule has 1 heterocycles. The largest absolute Gasteiger partial charge is 0.477 e. The van der Waals surface area contributed by atoms with Crippen LogP contribution in [0.2, 0.25) is 0 Å². The molecule has 6 heteroatoms. The van der Waals surface area contributed by atoms with Gasteiger partial charge in [-0.3, -0.25) is 9.36 Å². The Morgan fingerprint density at radius 2 is 1.76 bits per heavy atom. The molecule has 0 aliphatic rings. The van der Waals surface area contributed by atoms with E-state index in [0.29, 0.717) is 11.2 Å². The number of rotatable bonds is 3. The van der Waals surface area contributed by atoms with Gasteiger partial charge in [-0.1, -0.05) is 37.3 Å². The molecule has 0 aliphatic carbocycles. The topological polar surface area (TPSA) is 88.4 Å². The van der Waals surface area contributed by atoms with Crippen LogP contribution in [0.4, 0.5) is 10.5 Å². The maximum atomic E-state index is 12.7. The number of fused-ring (bicyclic) bond motifs is 1. The van der Waals surface area contributed by atoms with Crippen LogP contribution in [0, 0.1) is 0 Å². The minimum Gasteiger partial charge on any atom is -0.477 e. The molecule has 2 aromatic carbocycles. The van der Waals surface area contributed by atoms with E-state index in [1.54, 1.807) is 30.3 Å². The second-order valence-electron chi connectivity index (χ2n) is 5.51. The zero-order chi connectivity index (χ0) is 18.0. The number of hydrogen-bond acceptors (Lipinski definition) is 3. The van der Waals surface area contributed by atoms with Gasteiger partial charge in [0.15, 0.2) is 0 Å². The Morgan fingerprint density at radius 3 is 2.48 bits per heavy atom. The van der Waals surface area contributed by atoms with Gasteiger partial charge in [-0.15, -0.1) is 0 Å². The average Bonchev–Trinajstić information content (AvgIpc) is 2.62. The lowest BCUT2D eigenvalue weighted by Gasteiger charge is -2.14. The summed E-state index contributed by atoms with van der Waals surface area (Å²) in [6.45, 7) is 1.97. The SMILES string of the molecule is CCc1ccccc1NC(=O)n1cc(C(=O)O)c(=O)c2ccccc21. The number of aryl methyl sites for hydroxylation is 1. The van der Waals surface area contributed by atoms with Gasteiger partial charge in [0.2, 0.25) is 5.43 Å². The van der Waals surface area contributed by atoms with Crippen molar-refractivity contribution in [3.05, 3.63) is 76.1 Å². The first-order valence-electron chi connectivity index (χ1n) is 7.80. The Balaban J connectivity index is 2.14. The summed E-state index contributed by atoms with van der Waals surface area (Å²) in [4.78, 5) is 36.4. The van der Waals surface area contributed by atoms with E-state index < -0.39 is 23.0 Å². The Bertz CT molecular complexity index is 1040. The van der Waals surface area contributed by atoms with E-state index in [0.717, 1.165) is 22.7 Å². The van der Waals surface area contributed by atoms with E-state index in [-0.39, 0.29) is 5.39 Å². The molecule has 0 saturated carbocycles. The Labute approximate surface area is 143 Å². The number of nitrogens with zero attached hydrogens (tertiary/aromatic N) is 1. The van der Waals surface area contributed by atoms with Crippen LogP contribution in [0.3, 0.4) is 0 Å². The molecule has 0 spiro atoms. The highest BCUT2D eigenvalue weighted by Crippen LogP contribution is 2.17. The Kier molecular flexibility index (Phi) is 4.35. The van der Waals surface area contributed by atoms with Crippen molar-refractivity contribution in [3.63, 3.8) is 0 Å². The molecule has 0 saturated heterocycles. The summed E-state index contributed by atoms with van der Waals surface area (Å²) in [5.74, 6) is -1.37. The highest BCUT2D eigenvalue weighted by atomic mass is 16.4. The summed E-state index contributed by atoms with van der Waals surface area (Å²) in [6.07, 6.45) is 1.80. The van der Waals surface area contributed by atoms with Gasteiger partial charge >= 0.3 is 12.0 Å². The maximum Gasteiger partial charge on any atom is 0.341 e. The van der Waals surface area contributed by atoms with E-state index >= 15 is 0 Å². The van der Waals surface area contributed by atoms with Crippen molar-refractivity contribution in [1.29, 1.82) is 0 Å². The molecule has 0 atom stereocenters. The number of benzene rings is 2. The number of carbonyl (C=O) groups excluding carboxylic acids is 1. The summed E-state index contributed by atoms with van der Waals surface area (Å²) in [7, 11) is 0. The Hall–Kier alpha value is -3.41. The van der Waals surface area contributed by atoms with Crippen LogP contribution in [0.5, 0.6) is 0 Å². The van der Waals surface area contributed by atoms with Gasteiger partial charge in [-0.05, 0) is 30.2 Å². The number of aromatic carboxylic acids is 1. The van der Waals surface area contributed by atoms with Crippen LogP contribution in [0.25, 0.3) is 10.9 Å². The van der Waals surface area contributed by atoms with Crippen LogP contribution >= 0.6 is 0 Å². The van der Waals surface area contributed by atoms with Crippen LogP contribution < -0.4 is 10.7 Å². The lowest BCUT2D eigenvalue weighted by Crippen LogP contribution is -2.26. The summed E-state index contributed by atoms with van der Waals surface area (Å²) < 4.78 is 1.16. The molecule has 0 unspecified atom stereocenters. The van der Waals surface area contributed by atoms with Crippen molar-refractivity contribution < 1.29 is 14.7 Å². The van der Waals surface area contributed by atoms with Crippen LogP contribution in [0.1, 0.15) is 22.8 Å². The van der Waals surface area contributed by atoms with Gasteiger partial charge in [0.05, 0.1) is 5.52 Å². The number of aromatic nitrogens is 1. The Morgan fingerprint density at radius 1 is 1.08 bits per heavy atom. The standard InChI is InChI=1S/C19H16N2O4/c1-2-12-7-3-5-9-15(12)20-19(25)21-11-14(18(23)24)17(22)13-8-4-6-10-16(13)21/h3-11H,2H2,1H3,(H,20,25)(H,23,24). The van der Waals surface area contributed by atoms with Crippen molar-refractivity contribution in [1.82, 2.24) is 4.57 Å². The normalized spacial score (nSPS) is 10.6. The van der Waals surface area contributed by atoms with Gasteiger partial charge in [0.1, 0.15) is 5.56 Å². The van der Waals surface area contributed by atoms with Crippen molar-refractivity contribution in [2.45, 2.75) is 13.3 Å². The van der Waals surface area contributed by atoms with Crippen molar-refractivity contribution >= 4 is 28.6 Å². The molecular formula is C19H16N2O4. The van der Waals surface area contributed by atoms with Gasteiger partial charge in [-0.2, -0.15) is 0 Å². The fraction of sp³-hybridized carbons (Fsp3) is 0.105. The summed E-state index contributed by atoms with van der Waals surface area (Å²) in [6, 6.07) is 13.3. The summed E-state index contributed by atoms with van der Waals surface area (Å²) >= 11 is 0. The zero-order valence-electron chi connectivity index (χ0n) is 13.5. The molecule has 6 nitrogen and oxygen atoms in total. The van der Waals surface area contributed by atoms with Crippen molar-refractivity contribution in [2.24, 2.45) is 0 Å². The smallest absolute Gasteiger partial charge is 0.341 e. The van der Waals surface area contributed by atoms with Gasteiger partial charge in [0, 0.05) is 17.3 Å². The minimum absolute atomic E-state index is 0.182. The molecule has 0 bridgehead atoms. The molecule has 2 N–H and O–H groups in total. The van der Waals surface area contributed by atoms with Gasteiger partial charge in [0.25, 0.3) is 0 Å². The van der Waals surface area contributed by atoms with E-state index in [2.05, 4.69) is 5.32 Å². The summed E-state index contributed by atoms with van der Waals surface area (Å²) in [5, 5.41) is 12.2. The molecule has 1 aromatic heterocycles. The number of nitrogens with one attached hydrogen (secondary N) is 1. The minimum atomic E-state index is -1.37. The monoisotopic (exact) mass is 336 g/mol. The van der Waals surface area contributed by atoms with E-state index in [9.17, 15) is 19.5 Å². The molecule has 0 radical (unpaired) electrons. The fourth-order valence-electron chi connectivity index (χ4n) is 2.72. The molecule has 0 fully saturated rings. The maximum absolute atomic E-state index is 12.7. The third kappa shape index (κ3) is 3.01. The van der Waals surface area contributed by atoms with Crippen LogP contribution in [-0.2, 0) is 6.42 Å². The highest BCUT2D eigenvalue weighted by Gasteiger charge is 2.17. The number of anilines is 1. The third-order valence-corrected chi connectivity index (χ3v) is 4.00. The molecule has 25 heavy (non-hydrogen) atoms. The number of para-hydroxylation sites is 2. The predicted molar refractivity (Wildman–Crippen MR) is 95.4 cm³/mol. The number of amides is 1. The van der Waals surface area contributed by atoms with Crippen LogP contribution in [-0.4, -0.2) is 21.7 Å². The molecule has 3 aromatic rings. The number of carboxylic acids is 1. The quantitative estimate of drug-likeness (QED) is 0.768. The van der Waals surface area contributed by atoms with Gasteiger partial charge < -0.3 is 10.4 Å². The lowest BCUT2D eigenvalue weighted by atomic mass is 10.1. The first kappa shape index (κ1) is 16.4. The van der Waals surface area contributed by atoms with Crippen LogP contribution in [0.15, 0.2) is 59.5 Å². The number of carbonyl (C=O) groups is 2. The van der Waals surface area contributed by atoms with Crippen molar-refractivity contribution in [2.75, 3.05) is 5.32 Å². The predicted octanol–water partition coefficient (Wildman–Crippen LogP) is 3.34. The molecular weight excluding hydrogens is 320 g/mol. The first-order chi connectivity index (χ1) is 12.0. The third-order valence-electron chi connectivity index (χ3n) is 4.00. The second kappa shape index (κ2) is 6.60. The fourth-order valence-corrected chi connectivity index (χ4v) is 2.72. The summed E-state index contributed by atoms with van der Waals surface area (Å²) in [5.41, 5.74) is 0.900. The van der Waals surface area contributed by atoms with E-state index in [1.807, 2.05) is 19.1 Å². The molecule has 3 rings (SSSR count). The van der Waals surface area contributed by atoms with E-state index in [4.69, 9.17) is 0 Å². The van der Waals surface area contributed by atoms with Crippen molar-refractivity contribution in [3.8, 4) is 0 Å². The lowest BCUT2D eigenvalue weighted by molar-refractivity contribution is 0.0695. The molecule has 126 valence electrons. The molecule has 1 amide bonds. The average molecular weight is 336 g/mol. The van der Waals surface area contributed by atoms with Gasteiger partial charge in [-0.25, -0.2) is 9.59 Å². The number of carboxylic acid groups (broad SMARTS) is 1. The number of hydrogen-bond donors (Lipinski definition) is 2. The van der Waals surface area contributed by atoms with E-state index in [1.165, 1.54) is 6.07 Å². The first-order valence-corrected chi connectivity index (χ1v) is 7.80. The number of pyridine rings is 1.